The van der Waals surface area contributed by atoms with Crippen LogP contribution in [0.4, 0.5) is 4.39 Å². The predicted molar refractivity (Wildman–Crippen MR) is 93.5 cm³/mol. The van der Waals surface area contributed by atoms with Crippen LogP contribution in [-0.4, -0.2) is 68.3 Å². The molecule has 0 aliphatic carbocycles. The van der Waals surface area contributed by atoms with Crippen molar-refractivity contribution < 1.29 is 18.7 Å². The van der Waals surface area contributed by atoms with Crippen molar-refractivity contribution in [3.8, 4) is 5.75 Å². The van der Waals surface area contributed by atoms with E-state index in [1.165, 1.54) is 44.6 Å². The van der Waals surface area contributed by atoms with Gasteiger partial charge in [-0.15, -0.1) is 0 Å². The van der Waals surface area contributed by atoms with E-state index < -0.39 is 5.82 Å². The van der Waals surface area contributed by atoms with E-state index in [2.05, 4.69) is 4.90 Å². The first-order valence-electron chi connectivity index (χ1n) is 9.14. The van der Waals surface area contributed by atoms with Crippen molar-refractivity contribution in [1.29, 1.82) is 0 Å². The molecule has 2 fully saturated rings. The molecule has 2 aliphatic rings. The first-order chi connectivity index (χ1) is 12.2. The molecule has 1 aromatic rings. The van der Waals surface area contributed by atoms with Crippen molar-refractivity contribution in [2.45, 2.75) is 31.8 Å². The van der Waals surface area contributed by atoms with Crippen molar-refractivity contribution >= 4 is 5.91 Å². The molecule has 2 saturated heterocycles. The summed E-state index contributed by atoms with van der Waals surface area (Å²) in [5.74, 6) is -0.213. The van der Waals surface area contributed by atoms with Crippen LogP contribution in [0.5, 0.6) is 5.75 Å². The molecular formula is C19H27FN2O3. The smallest absolute Gasteiger partial charge is 0.257 e. The van der Waals surface area contributed by atoms with Gasteiger partial charge in [-0.2, -0.15) is 0 Å². The number of methoxy groups -OCH3 is 1. The van der Waals surface area contributed by atoms with Gasteiger partial charge in [0.25, 0.3) is 5.91 Å². The van der Waals surface area contributed by atoms with E-state index in [1.807, 2.05) is 0 Å². The van der Waals surface area contributed by atoms with Crippen molar-refractivity contribution in [3.63, 3.8) is 0 Å². The summed E-state index contributed by atoms with van der Waals surface area (Å²) in [7, 11) is 1.49. The Morgan fingerprint density at radius 2 is 2.04 bits per heavy atom. The molecule has 0 spiro atoms. The van der Waals surface area contributed by atoms with Crippen LogP contribution in [-0.2, 0) is 4.74 Å². The largest absolute Gasteiger partial charge is 0.496 e. The summed E-state index contributed by atoms with van der Waals surface area (Å²) in [4.78, 5) is 17.1. The Morgan fingerprint density at radius 3 is 2.80 bits per heavy atom. The molecule has 0 N–H and O–H groups in total. The van der Waals surface area contributed by atoms with Crippen LogP contribution in [0.1, 0.15) is 36.0 Å². The Balaban J connectivity index is 1.69. The number of amides is 1. The molecule has 2 aliphatic heterocycles. The molecule has 1 aromatic carbocycles. The second kappa shape index (κ2) is 8.63. The van der Waals surface area contributed by atoms with E-state index in [0.717, 1.165) is 26.1 Å². The highest BCUT2D eigenvalue weighted by Gasteiger charge is 2.27. The van der Waals surface area contributed by atoms with Gasteiger partial charge in [-0.05, 0) is 50.6 Å². The highest BCUT2D eigenvalue weighted by molar-refractivity contribution is 5.97. The third-order valence-electron chi connectivity index (χ3n) is 4.94. The summed E-state index contributed by atoms with van der Waals surface area (Å²) in [5.41, 5.74) is 0.279. The van der Waals surface area contributed by atoms with Gasteiger partial charge in [-0.25, -0.2) is 4.39 Å². The number of rotatable bonds is 4. The molecule has 0 radical (unpaired) electrons. The molecule has 2 heterocycles. The molecule has 25 heavy (non-hydrogen) atoms. The quantitative estimate of drug-likeness (QED) is 0.837. The van der Waals surface area contributed by atoms with E-state index >= 15 is 0 Å². The van der Waals surface area contributed by atoms with Crippen LogP contribution in [0.15, 0.2) is 18.2 Å². The Morgan fingerprint density at radius 1 is 1.24 bits per heavy atom. The van der Waals surface area contributed by atoms with E-state index in [0.29, 0.717) is 25.4 Å². The van der Waals surface area contributed by atoms with Gasteiger partial charge >= 0.3 is 0 Å². The lowest BCUT2D eigenvalue weighted by atomic mass is 10.1. The SMILES string of the molecule is COc1ccc(F)cc1C(=O)N1CCCO[C@@H](CN2CCCCC2)C1. The Labute approximate surface area is 148 Å². The third kappa shape index (κ3) is 4.70. The number of ether oxygens (including phenoxy) is 2. The molecule has 138 valence electrons. The monoisotopic (exact) mass is 350 g/mol. The first kappa shape index (κ1) is 18.1. The lowest BCUT2D eigenvalue weighted by Crippen LogP contribution is -2.44. The van der Waals surface area contributed by atoms with Crippen molar-refractivity contribution in [2.24, 2.45) is 0 Å². The van der Waals surface area contributed by atoms with Crippen molar-refractivity contribution in [3.05, 3.63) is 29.6 Å². The minimum atomic E-state index is -0.430. The first-order valence-corrected chi connectivity index (χ1v) is 9.14. The van der Waals surface area contributed by atoms with Crippen LogP contribution in [0.2, 0.25) is 0 Å². The second-order valence-electron chi connectivity index (χ2n) is 6.80. The molecule has 3 rings (SSSR count). The standard InChI is InChI=1S/C19H27FN2O3/c1-24-18-7-6-15(20)12-17(18)19(23)22-10-5-11-25-16(14-22)13-21-8-3-2-4-9-21/h6-7,12,16H,2-5,8-11,13-14H2,1H3/t16-/m0/s1. The summed E-state index contributed by atoms with van der Waals surface area (Å²) in [6, 6.07) is 4.06. The van der Waals surface area contributed by atoms with Crippen LogP contribution >= 0.6 is 0 Å². The highest BCUT2D eigenvalue weighted by Crippen LogP contribution is 2.22. The number of carbonyl (C=O) groups is 1. The number of carbonyl (C=O) groups excluding carboxylic acids is 1. The topological polar surface area (TPSA) is 42.0 Å². The fourth-order valence-corrected chi connectivity index (χ4v) is 3.64. The molecular weight excluding hydrogens is 323 g/mol. The molecule has 0 aromatic heterocycles. The average Bonchev–Trinajstić information content (AvgIpc) is 2.87. The van der Waals surface area contributed by atoms with Crippen molar-refractivity contribution in [2.75, 3.05) is 46.4 Å². The number of piperidine rings is 1. The number of hydrogen-bond acceptors (Lipinski definition) is 4. The minimum Gasteiger partial charge on any atom is -0.496 e. The summed E-state index contributed by atoms with van der Waals surface area (Å²) in [5, 5.41) is 0. The number of benzene rings is 1. The zero-order chi connectivity index (χ0) is 17.6. The molecule has 0 bridgehead atoms. The second-order valence-corrected chi connectivity index (χ2v) is 6.80. The van der Waals surface area contributed by atoms with Gasteiger partial charge in [0.15, 0.2) is 0 Å². The maximum atomic E-state index is 13.6. The molecule has 1 amide bonds. The summed E-state index contributed by atoms with van der Waals surface area (Å²) in [6.07, 6.45) is 4.56. The normalized spacial score (nSPS) is 22.5. The lowest BCUT2D eigenvalue weighted by molar-refractivity contribution is 0.0216. The number of nitrogens with zero attached hydrogens (tertiary/aromatic N) is 2. The van der Waals surface area contributed by atoms with Gasteiger partial charge < -0.3 is 19.3 Å². The number of likely N-dealkylation sites (tertiary alicyclic amines) is 1. The summed E-state index contributed by atoms with van der Waals surface area (Å²) in [6.45, 7) is 4.87. The van der Waals surface area contributed by atoms with Gasteiger partial charge in [0.05, 0.1) is 18.8 Å². The maximum absolute atomic E-state index is 13.6. The molecule has 1 atom stereocenters. The highest BCUT2D eigenvalue weighted by atomic mass is 19.1. The molecule has 0 saturated carbocycles. The van der Waals surface area contributed by atoms with Crippen LogP contribution in [0, 0.1) is 5.82 Å². The van der Waals surface area contributed by atoms with Gasteiger partial charge in [0.2, 0.25) is 0 Å². The van der Waals surface area contributed by atoms with E-state index in [-0.39, 0.29) is 17.6 Å². The number of hydrogen-bond donors (Lipinski definition) is 0. The molecule has 5 nitrogen and oxygen atoms in total. The van der Waals surface area contributed by atoms with Gasteiger partial charge in [0, 0.05) is 26.2 Å². The van der Waals surface area contributed by atoms with E-state index in [9.17, 15) is 9.18 Å². The third-order valence-corrected chi connectivity index (χ3v) is 4.94. The fourth-order valence-electron chi connectivity index (χ4n) is 3.64. The lowest BCUT2D eigenvalue weighted by Gasteiger charge is -2.31. The van der Waals surface area contributed by atoms with Crippen LogP contribution < -0.4 is 4.74 Å². The van der Waals surface area contributed by atoms with Crippen molar-refractivity contribution in [1.82, 2.24) is 9.80 Å². The molecule has 0 unspecified atom stereocenters. The fraction of sp³-hybridized carbons (Fsp3) is 0.632. The Bertz CT molecular complexity index is 590. The van der Waals surface area contributed by atoms with Gasteiger partial charge in [-0.1, -0.05) is 6.42 Å². The van der Waals surface area contributed by atoms with E-state index in [4.69, 9.17) is 9.47 Å². The van der Waals surface area contributed by atoms with Gasteiger partial charge in [0.1, 0.15) is 11.6 Å². The minimum absolute atomic E-state index is 0.00380. The summed E-state index contributed by atoms with van der Waals surface area (Å²) >= 11 is 0. The zero-order valence-corrected chi connectivity index (χ0v) is 14.9. The zero-order valence-electron chi connectivity index (χ0n) is 14.9. The maximum Gasteiger partial charge on any atom is 0.257 e. The van der Waals surface area contributed by atoms with Crippen LogP contribution in [0.3, 0.4) is 0 Å². The number of halogens is 1. The Kier molecular flexibility index (Phi) is 6.26. The van der Waals surface area contributed by atoms with Gasteiger partial charge in [-0.3, -0.25) is 4.79 Å². The average molecular weight is 350 g/mol. The predicted octanol–water partition coefficient (Wildman–Crippen LogP) is 2.55. The van der Waals surface area contributed by atoms with E-state index in [1.54, 1.807) is 4.90 Å². The summed E-state index contributed by atoms with van der Waals surface area (Å²) < 4.78 is 24.8. The van der Waals surface area contributed by atoms with Crippen LogP contribution in [0.25, 0.3) is 0 Å². The molecule has 6 heteroatoms. The Hall–Kier alpha value is -1.66.